The maximum absolute atomic E-state index is 12.3. The molecule has 0 rings (SSSR count). The minimum atomic E-state index is -0.505. The minimum absolute atomic E-state index is 0.0262. The van der Waals surface area contributed by atoms with Crippen LogP contribution in [-0.4, -0.2) is 41.3 Å². The van der Waals surface area contributed by atoms with Crippen LogP contribution in [0.4, 0.5) is 0 Å². The van der Waals surface area contributed by atoms with Gasteiger partial charge in [0, 0.05) is 13.1 Å². The van der Waals surface area contributed by atoms with Gasteiger partial charge in [-0.2, -0.15) is 0 Å². The van der Waals surface area contributed by atoms with Crippen molar-refractivity contribution in [2.45, 2.75) is 27.7 Å². The Morgan fingerprint density at radius 1 is 1.33 bits per heavy atom. The number of carbonyl (C=O) groups is 2. The van der Waals surface area contributed by atoms with Crippen molar-refractivity contribution in [1.82, 2.24) is 10.2 Å². The molecule has 0 aromatic carbocycles. The van der Waals surface area contributed by atoms with Crippen molar-refractivity contribution in [3.05, 3.63) is 0 Å². The van der Waals surface area contributed by atoms with Gasteiger partial charge in [0.2, 0.25) is 11.8 Å². The number of nitrogens with two attached hydrogens (primary N) is 1. The first-order valence-corrected chi connectivity index (χ1v) is 6.60. The molecule has 0 aromatic rings. The van der Waals surface area contributed by atoms with Gasteiger partial charge in [0.15, 0.2) is 0 Å². The number of likely N-dealkylation sites (N-methyl/N-ethyl adjacent to an activating group) is 2. The van der Waals surface area contributed by atoms with Gasteiger partial charge in [-0.3, -0.25) is 9.59 Å². The van der Waals surface area contributed by atoms with Crippen molar-refractivity contribution in [2.24, 2.45) is 17.6 Å². The second-order valence-electron chi connectivity index (χ2n) is 4.43. The van der Waals surface area contributed by atoms with Crippen LogP contribution in [0, 0.1) is 11.8 Å². The summed E-state index contributed by atoms with van der Waals surface area (Å²) >= 11 is 4.93. The first-order valence-electron chi connectivity index (χ1n) is 6.19. The SMILES string of the molecule is CCNC(=O)CN(CC)C(=O)C(C(N)=S)C(C)C. The fourth-order valence-electron chi connectivity index (χ4n) is 1.70. The van der Waals surface area contributed by atoms with E-state index in [4.69, 9.17) is 18.0 Å². The molecule has 0 saturated carbocycles. The van der Waals surface area contributed by atoms with Crippen molar-refractivity contribution in [2.75, 3.05) is 19.6 Å². The third-order valence-corrected chi connectivity index (χ3v) is 2.89. The summed E-state index contributed by atoms with van der Waals surface area (Å²) in [7, 11) is 0. The van der Waals surface area contributed by atoms with E-state index in [-0.39, 0.29) is 29.3 Å². The van der Waals surface area contributed by atoms with Gasteiger partial charge in [0.1, 0.15) is 0 Å². The molecule has 0 aliphatic heterocycles. The molecular weight excluding hydrogens is 250 g/mol. The van der Waals surface area contributed by atoms with E-state index in [0.717, 1.165) is 0 Å². The van der Waals surface area contributed by atoms with Gasteiger partial charge < -0.3 is 16.0 Å². The lowest BCUT2D eigenvalue weighted by Gasteiger charge is -2.27. The van der Waals surface area contributed by atoms with E-state index in [1.165, 1.54) is 4.90 Å². The second-order valence-corrected chi connectivity index (χ2v) is 4.90. The molecule has 0 bridgehead atoms. The minimum Gasteiger partial charge on any atom is -0.393 e. The Hall–Kier alpha value is -1.17. The van der Waals surface area contributed by atoms with E-state index in [1.807, 2.05) is 27.7 Å². The first-order chi connectivity index (χ1) is 8.34. The molecule has 0 aliphatic carbocycles. The molecule has 1 atom stereocenters. The molecule has 0 aromatic heterocycles. The fraction of sp³-hybridized carbons (Fsp3) is 0.750. The average molecular weight is 273 g/mol. The van der Waals surface area contributed by atoms with Gasteiger partial charge in [-0.1, -0.05) is 26.1 Å². The highest BCUT2D eigenvalue weighted by molar-refractivity contribution is 7.80. The van der Waals surface area contributed by atoms with Crippen LogP contribution in [0.2, 0.25) is 0 Å². The maximum Gasteiger partial charge on any atom is 0.239 e. The molecule has 3 N–H and O–H groups in total. The lowest BCUT2D eigenvalue weighted by atomic mass is 9.94. The Balaban J connectivity index is 4.78. The Morgan fingerprint density at radius 2 is 1.89 bits per heavy atom. The van der Waals surface area contributed by atoms with E-state index in [1.54, 1.807) is 0 Å². The van der Waals surface area contributed by atoms with Gasteiger partial charge in [-0.15, -0.1) is 0 Å². The molecule has 1 unspecified atom stereocenters. The fourth-order valence-corrected chi connectivity index (χ4v) is 2.08. The third-order valence-electron chi connectivity index (χ3n) is 2.64. The number of rotatable bonds is 7. The van der Waals surface area contributed by atoms with Crippen LogP contribution >= 0.6 is 12.2 Å². The van der Waals surface area contributed by atoms with E-state index < -0.39 is 5.92 Å². The summed E-state index contributed by atoms with van der Waals surface area (Å²) in [5.74, 6) is -0.822. The Kier molecular flexibility index (Phi) is 7.50. The molecule has 18 heavy (non-hydrogen) atoms. The molecule has 0 radical (unpaired) electrons. The van der Waals surface area contributed by atoms with Crippen LogP contribution in [0.1, 0.15) is 27.7 Å². The topological polar surface area (TPSA) is 75.4 Å². The number of nitrogens with zero attached hydrogens (tertiary/aromatic N) is 1. The van der Waals surface area contributed by atoms with E-state index in [2.05, 4.69) is 5.32 Å². The summed E-state index contributed by atoms with van der Waals surface area (Å²) in [4.78, 5) is 25.5. The van der Waals surface area contributed by atoms with Gasteiger partial charge in [0.05, 0.1) is 17.5 Å². The molecule has 0 fully saturated rings. The summed E-state index contributed by atoms with van der Waals surface area (Å²) < 4.78 is 0. The molecule has 0 saturated heterocycles. The molecule has 2 amide bonds. The van der Waals surface area contributed by atoms with Crippen molar-refractivity contribution < 1.29 is 9.59 Å². The molecular formula is C12H23N3O2S. The van der Waals surface area contributed by atoms with Crippen molar-refractivity contribution >= 4 is 29.0 Å². The molecule has 5 nitrogen and oxygen atoms in total. The average Bonchev–Trinajstić information content (AvgIpc) is 2.24. The van der Waals surface area contributed by atoms with Crippen LogP contribution < -0.4 is 11.1 Å². The molecule has 0 heterocycles. The van der Waals surface area contributed by atoms with Crippen molar-refractivity contribution in [1.29, 1.82) is 0 Å². The number of hydrogen-bond donors (Lipinski definition) is 2. The number of amides is 2. The van der Waals surface area contributed by atoms with Gasteiger partial charge in [0.25, 0.3) is 0 Å². The van der Waals surface area contributed by atoms with Gasteiger partial charge in [-0.05, 0) is 19.8 Å². The normalized spacial score (nSPS) is 12.1. The third kappa shape index (κ3) is 5.00. The number of hydrogen-bond acceptors (Lipinski definition) is 3. The summed E-state index contributed by atoms with van der Waals surface area (Å²) in [6, 6.07) is 0. The Bertz CT molecular complexity index is 318. The van der Waals surface area contributed by atoms with Gasteiger partial charge in [-0.25, -0.2) is 0 Å². The Labute approximate surface area is 114 Å². The van der Waals surface area contributed by atoms with E-state index in [9.17, 15) is 9.59 Å². The van der Waals surface area contributed by atoms with E-state index >= 15 is 0 Å². The van der Waals surface area contributed by atoms with Crippen LogP contribution in [0.15, 0.2) is 0 Å². The quantitative estimate of drug-likeness (QED) is 0.664. The number of carbonyl (C=O) groups excluding carboxylic acids is 2. The predicted molar refractivity (Wildman–Crippen MR) is 76.1 cm³/mol. The van der Waals surface area contributed by atoms with E-state index in [0.29, 0.717) is 13.1 Å². The monoisotopic (exact) mass is 273 g/mol. The summed E-state index contributed by atoms with van der Waals surface area (Å²) in [6.07, 6.45) is 0. The zero-order valence-electron chi connectivity index (χ0n) is 11.5. The molecule has 6 heteroatoms. The van der Waals surface area contributed by atoms with Gasteiger partial charge >= 0.3 is 0 Å². The van der Waals surface area contributed by atoms with Crippen LogP contribution in [-0.2, 0) is 9.59 Å². The summed E-state index contributed by atoms with van der Waals surface area (Å²) in [6.45, 7) is 8.50. The summed E-state index contributed by atoms with van der Waals surface area (Å²) in [5.41, 5.74) is 5.60. The lowest BCUT2D eigenvalue weighted by molar-refractivity contribution is -0.138. The molecule has 104 valence electrons. The highest BCUT2D eigenvalue weighted by atomic mass is 32.1. The zero-order valence-corrected chi connectivity index (χ0v) is 12.3. The number of nitrogens with one attached hydrogen (secondary N) is 1. The lowest BCUT2D eigenvalue weighted by Crippen LogP contribution is -2.47. The van der Waals surface area contributed by atoms with Crippen molar-refractivity contribution in [3.8, 4) is 0 Å². The van der Waals surface area contributed by atoms with Crippen LogP contribution in [0.3, 0.4) is 0 Å². The first kappa shape index (κ1) is 16.8. The largest absolute Gasteiger partial charge is 0.393 e. The number of thiocarbonyl (C=S) groups is 1. The second kappa shape index (κ2) is 8.02. The highest BCUT2D eigenvalue weighted by Gasteiger charge is 2.29. The van der Waals surface area contributed by atoms with Crippen molar-refractivity contribution in [3.63, 3.8) is 0 Å². The Morgan fingerprint density at radius 3 is 2.22 bits per heavy atom. The summed E-state index contributed by atoms with van der Waals surface area (Å²) in [5, 5.41) is 2.67. The highest BCUT2D eigenvalue weighted by Crippen LogP contribution is 2.14. The predicted octanol–water partition coefficient (Wildman–Crippen LogP) is 0.529. The van der Waals surface area contributed by atoms with Crippen LogP contribution in [0.25, 0.3) is 0 Å². The smallest absolute Gasteiger partial charge is 0.239 e. The molecule has 0 aliphatic rings. The standard InChI is InChI=1S/C12H23N3O2S/c1-5-14-9(16)7-15(6-2)12(17)10(8(3)4)11(13)18/h8,10H,5-7H2,1-4H3,(H2,13,18)(H,14,16). The molecule has 0 spiro atoms. The zero-order chi connectivity index (χ0) is 14.3. The maximum atomic E-state index is 12.3. The van der Waals surface area contributed by atoms with Crippen LogP contribution in [0.5, 0.6) is 0 Å².